The van der Waals surface area contributed by atoms with Crippen LogP contribution in [-0.4, -0.2) is 60.4 Å². The smallest absolute Gasteiger partial charge is 0.243 e. The van der Waals surface area contributed by atoms with Crippen LogP contribution in [0.5, 0.6) is 11.5 Å². The van der Waals surface area contributed by atoms with Gasteiger partial charge in [0, 0.05) is 23.2 Å². The highest BCUT2D eigenvalue weighted by Gasteiger charge is 2.30. The van der Waals surface area contributed by atoms with Crippen molar-refractivity contribution in [2.24, 2.45) is 0 Å². The van der Waals surface area contributed by atoms with E-state index in [-0.39, 0.29) is 18.0 Å². The fourth-order valence-electron chi connectivity index (χ4n) is 3.91. The molecule has 4 rings (SSSR count). The van der Waals surface area contributed by atoms with Crippen LogP contribution in [-0.2, 0) is 16.0 Å². The monoisotopic (exact) mass is 517 g/mol. The fourth-order valence-corrected chi connectivity index (χ4v) is 4.60. The number of halogens is 2. The molecule has 11 heteroatoms. The summed E-state index contributed by atoms with van der Waals surface area (Å²) in [7, 11) is 3.05. The Labute approximate surface area is 212 Å². The molecule has 9 nitrogen and oxygen atoms in total. The van der Waals surface area contributed by atoms with Gasteiger partial charge in [-0.05, 0) is 18.6 Å². The Kier molecular flexibility index (Phi) is 7.59. The standard InChI is InChI=1S/C24H25Cl2N5O4/c1-5-13-23-12(7-14(28-13)20-21(25)17(33-3)8-18(34-4)22(20)26)9-27-24(31-23)30-16-11-35-10-15(16)29-19(32)6-2/h6-9,15-16H,2,5,10-11H2,1,3-4H3,(H,29,32)(H,27,30,31)/t15-,16+/m0/s1. The van der Waals surface area contributed by atoms with Crippen molar-refractivity contribution in [2.75, 3.05) is 32.8 Å². The van der Waals surface area contributed by atoms with Crippen molar-refractivity contribution in [3.63, 3.8) is 0 Å². The van der Waals surface area contributed by atoms with Gasteiger partial charge in [0.1, 0.15) is 11.5 Å². The molecule has 0 unspecified atom stereocenters. The van der Waals surface area contributed by atoms with Crippen LogP contribution < -0.4 is 20.1 Å². The lowest BCUT2D eigenvalue weighted by atomic mass is 10.1. The minimum atomic E-state index is -0.261. The summed E-state index contributed by atoms with van der Waals surface area (Å²) in [5.74, 6) is 1.00. The van der Waals surface area contributed by atoms with Crippen molar-refractivity contribution < 1.29 is 19.0 Å². The predicted molar refractivity (Wildman–Crippen MR) is 136 cm³/mol. The number of aromatic nitrogens is 3. The second-order valence-corrected chi connectivity index (χ2v) is 8.59. The molecule has 0 spiro atoms. The highest BCUT2D eigenvalue weighted by atomic mass is 35.5. The SMILES string of the molecule is C=CC(=O)N[C@H]1COC[C@H]1Nc1ncc2cc(-c3c(Cl)c(OC)cc(OC)c3Cl)nc(CC)c2n1. The zero-order valence-corrected chi connectivity index (χ0v) is 21.0. The maximum absolute atomic E-state index is 11.7. The van der Waals surface area contributed by atoms with Crippen LogP contribution in [0.3, 0.4) is 0 Å². The second-order valence-electron chi connectivity index (χ2n) is 7.83. The number of fused-ring (bicyclic) bond motifs is 1. The highest BCUT2D eigenvalue weighted by molar-refractivity contribution is 6.41. The molecule has 0 radical (unpaired) electrons. The normalized spacial score (nSPS) is 17.3. The summed E-state index contributed by atoms with van der Waals surface area (Å²) < 4.78 is 16.3. The number of pyridine rings is 1. The van der Waals surface area contributed by atoms with Crippen molar-refractivity contribution in [1.82, 2.24) is 20.3 Å². The molecule has 35 heavy (non-hydrogen) atoms. The van der Waals surface area contributed by atoms with Gasteiger partial charge in [0.05, 0.1) is 66.5 Å². The summed E-state index contributed by atoms with van der Waals surface area (Å²) in [6.45, 7) is 6.28. The van der Waals surface area contributed by atoms with E-state index in [2.05, 4.69) is 22.2 Å². The largest absolute Gasteiger partial charge is 0.495 e. The van der Waals surface area contributed by atoms with Crippen LogP contribution in [0.4, 0.5) is 5.95 Å². The number of nitrogens with one attached hydrogen (secondary N) is 2. The molecule has 1 fully saturated rings. The van der Waals surface area contributed by atoms with Crippen molar-refractivity contribution in [1.29, 1.82) is 0 Å². The number of hydrogen-bond acceptors (Lipinski definition) is 8. The van der Waals surface area contributed by atoms with E-state index in [0.717, 1.165) is 11.1 Å². The van der Waals surface area contributed by atoms with Gasteiger partial charge in [-0.3, -0.25) is 9.78 Å². The van der Waals surface area contributed by atoms with E-state index in [9.17, 15) is 4.79 Å². The van der Waals surface area contributed by atoms with E-state index in [1.54, 1.807) is 12.3 Å². The maximum atomic E-state index is 11.7. The molecule has 2 N–H and O–H groups in total. The molecule has 0 bridgehead atoms. The predicted octanol–water partition coefficient (Wildman–Crippen LogP) is 4.06. The quantitative estimate of drug-likeness (QED) is 0.430. The molecule has 1 aromatic carbocycles. The molecule has 1 aliphatic heterocycles. The second kappa shape index (κ2) is 10.6. The number of hydrogen-bond donors (Lipinski definition) is 2. The Morgan fingerprint density at radius 3 is 2.49 bits per heavy atom. The zero-order valence-electron chi connectivity index (χ0n) is 19.5. The van der Waals surface area contributed by atoms with Gasteiger partial charge < -0.3 is 24.8 Å². The molecule has 1 saturated heterocycles. The van der Waals surface area contributed by atoms with Crippen molar-refractivity contribution >= 4 is 46.0 Å². The Bertz CT molecular complexity index is 1260. The molecular formula is C24H25Cl2N5O4. The lowest BCUT2D eigenvalue weighted by Gasteiger charge is -2.20. The molecular weight excluding hydrogens is 493 g/mol. The topological polar surface area (TPSA) is 107 Å². The number of aryl methyl sites for hydroxylation is 1. The molecule has 1 amide bonds. The van der Waals surface area contributed by atoms with E-state index < -0.39 is 0 Å². The van der Waals surface area contributed by atoms with E-state index in [4.69, 9.17) is 47.4 Å². The number of benzene rings is 1. The van der Waals surface area contributed by atoms with E-state index in [1.165, 1.54) is 20.3 Å². The molecule has 1 aliphatic rings. The van der Waals surface area contributed by atoms with Gasteiger partial charge in [-0.25, -0.2) is 9.97 Å². The van der Waals surface area contributed by atoms with Crippen LogP contribution in [0, 0.1) is 0 Å². The lowest BCUT2D eigenvalue weighted by molar-refractivity contribution is -0.117. The van der Waals surface area contributed by atoms with Gasteiger partial charge in [0.15, 0.2) is 0 Å². The van der Waals surface area contributed by atoms with Crippen LogP contribution >= 0.6 is 23.2 Å². The van der Waals surface area contributed by atoms with E-state index in [1.807, 2.05) is 13.0 Å². The van der Waals surface area contributed by atoms with Gasteiger partial charge in [0.2, 0.25) is 11.9 Å². The Morgan fingerprint density at radius 1 is 1.17 bits per heavy atom. The van der Waals surface area contributed by atoms with Crippen LogP contribution in [0.2, 0.25) is 10.0 Å². The molecule has 2 aromatic heterocycles. The molecule has 184 valence electrons. The summed E-state index contributed by atoms with van der Waals surface area (Å²) in [5, 5.41) is 7.55. The fraction of sp³-hybridized carbons (Fsp3) is 0.333. The van der Waals surface area contributed by atoms with Crippen LogP contribution in [0.25, 0.3) is 22.2 Å². The first-order valence-corrected chi connectivity index (χ1v) is 11.7. The number of carbonyl (C=O) groups excluding carboxylic acids is 1. The van der Waals surface area contributed by atoms with Crippen molar-refractivity contribution in [3.8, 4) is 22.8 Å². The van der Waals surface area contributed by atoms with Crippen molar-refractivity contribution in [2.45, 2.75) is 25.4 Å². The third-order valence-corrected chi connectivity index (χ3v) is 6.46. The zero-order chi connectivity index (χ0) is 25.1. The third-order valence-electron chi connectivity index (χ3n) is 5.71. The van der Waals surface area contributed by atoms with Crippen molar-refractivity contribution in [3.05, 3.63) is 46.7 Å². The molecule has 3 heterocycles. The van der Waals surface area contributed by atoms with Gasteiger partial charge in [-0.1, -0.05) is 36.7 Å². The number of nitrogens with zero attached hydrogens (tertiary/aromatic N) is 3. The highest BCUT2D eigenvalue weighted by Crippen LogP contribution is 2.45. The minimum absolute atomic E-state index is 0.185. The molecule has 0 saturated carbocycles. The van der Waals surface area contributed by atoms with Gasteiger partial charge in [-0.15, -0.1) is 0 Å². The summed E-state index contributed by atoms with van der Waals surface area (Å²) >= 11 is 13.2. The van der Waals surface area contributed by atoms with E-state index >= 15 is 0 Å². The minimum Gasteiger partial charge on any atom is -0.495 e. The molecule has 0 aliphatic carbocycles. The maximum Gasteiger partial charge on any atom is 0.243 e. The number of amides is 1. The first-order valence-electron chi connectivity index (χ1n) is 10.9. The van der Waals surface area contributed by atoms with Crippen LogP contribution in [0.1, 0.15) is 12.6 Å². The average molecular weight is 518 g/mol. The lowest BCUT2D eigenvalue weighted by Crippen LogP contribution is -2.45. The van der Waals surface area contributed by atoms with Gasteiger partial charge >= 0.3 is 0 Å². The first-order chi connectivity index (χ1) is 16.9. The van der Waals surface area contributed by atoms with Gasteiger partial charge in [0.25, 0.3) is 0 Å². The first kappa shape index (κ1) is 25.0. The number of carbonyl (C=O) groups is 1. The van der Waals surface area contributed by atoms with E-state index in [0.29, 0.717) is 63.9 Å². The Hall–Kier alpha value is -3.14. The number of anilines is 1. The number of rotatable bonds is 8. The average Bonchev–Trinajstić information content (AvgIpc) is 3.29. The Morgan fingerprint density at radius 2 is 1.86 bits per heavy atom. The summed E-state index contributed by atoms with van der Waals surface area (Å²) in [6.07, 6.45) is 3.55. The van der Waals surface area contributed by atoms with Gasteiger partial charge in [-0.2, -0.15) is 0 Å². The number of ether oxygens (including phenoxy) is 3. The summed E-state index contributed by atoms with van der Waals surface area (Å²) in [5.41, 5.74) is 2.51. The number of methoxy groups -OCH3 is 2. The molecule has 3 aromatic rings. The summed E-state index contributed by atoms with van der Waals surface area (Å²) in [6, 6.07) is 3.05. The third kappa shape index (κ3) is 4.98. The Balaban J connectivity index is 1.72. The summed E-state index contributed by atoms with van der Waals surface area (Å²) in [4.78, 5) is 25.7. The van der Waals surface area contributed by atoms with Crippen LogP contribution in [0.15, 0.2) is 31.0 Å². The molecule has 2 atom stereocenters.